The molecule has 0 fully saturated rings. The number of ether oxygens (including phenoxy) is 3. The molecular formula is C19H25NO3. The maximum Gasteiger partial charge on any atom is 0.120 e. The van der Waals surface area contributed by atoms with Gasteiger partial charge in [-0.3, -0.25) is 0 Å². The highest BCUT2D eigenvalue weighted by atomic mass is 16.5. The van der Waals surface area contributed by atoms with Crippen LogP contribution in [0.1, 0.15) is 5.56 Å². The van der Waals surface area contributed by atoms with E-state index in [1.54, 1.807) is 0 Å². The van der Waals surface area contributed by atoms with Gasteiger partial charge in [-0.1, -0.05) is 30.3 Å². The highest BCUT2D eigenvalue weighted by Gasteiger charge is 1.98. The van der Waals surface area contributed by atoms with Crippen LogP contribution >= 0.6 is 0 Å². The van der Waals surface area contributed by atoms with E-state index in [1.165, 1.54) is 0 Å². The Hall–Kier alpha value is -2.04. The molecule has 0 bridgehead atoms. The minimum absolute atomic E-state index is 0.553. The zero-order valence-electron chi connectivity index (χ0n) is 13.9. The Morgan fingerprint density at radius 3 is 2.04 bits per heavy atom. The normalized spacial score (nSPS) is 10.7. The topological polar surface area (TPSA) is 30.9 Å². The minimum Gasteiger partial charge on any atom is -0.491 e. The molecule has 0 spiro atoms. The van der Waals surface area contributed by atoms with Gasteiger partial charge in [0.05, 0.1) is 13.2 Å². The van der Waals surface area contributed by atoms with Gasteiger partial charge in [-0.15, -0.1) is 0 Å². The predicted molar refractivity (Wildman–Crippen MR) is 92.1 cm³/mol. The zero-order valence-corrected chi connectivity index (χ0v) is 13.9. The van der Waals surface area contributed by atoms with Crippen molar-refractivity contribution in [3.05, 3.63) is 60.2 Å². The second-order valence-corrected chi connectivity index (χ2v) is 5.51. The van der Waals surface area contributed by atoms with E-state index >= 15 is 0 Å². The molecule has 0 saturated carbocycles. The third-order valence-corrected chi connectivity index (χ3v) is 3.25. The molecule has 0 amide bonds. The molecule has 0 radical (unpaired) electrons. The summed E-state index contributed by atoms with van der Waals surface area (Å²) in [5.74, 6) is 1.66. The van der Waals surface area contributed by atoms with Gasteiger partial charge in [-0.2, -0.15) is 0 Å². The van der Waals surface area contributed by atoms with Crippen LogP contribution in [0.25, 0.3) is 0 Å². The third kappa shape index (κ3) is 7.17. The molecular weight excluding hydrogens is 290 g/mol. The van der Waals surface area contributed by atoms with Gasteiger partial charge in [0.2, 0.25) is 0 Å². The van der Waals surface area contributed by atoms with Gasteiger partial charge in [-0.25, -0.2) is 0 Å². The summed E-state index contributed by atoms with van der Waals surface area (Å²) < 4.78 is 16.9. The van der Waals surface area contributed by atoms with E-state index < -0.39 is 0 Å². The first-order chi connectivity index (χ1) is 11.2. The van der Waals surface area contributed by atoms with Crippen LogP contribution in [0, 0.1) is 0 Å². The molecule has 0 aliphatic heterocycles. The Bertz CT molecular complexity index is 540. The summed E-state index contributed by atoms with van der Waals surface area (Å²) in [5.41, 5.74) is 1.16. The molecule has 4 nitrogen and oxygen atoms in total. The molecule has 0 aliphatic carbocycles. The number of likely N-dealkylation sites (N-methyl/N-ethyl adjacent to an activating group) is 1. The Labute approximate surface area is 138 Å². The summed E-state index contributed by atoms with van der Waals surface area (Å²) in [5, 5.41) is 0. The molecule has 0 atom stereocenters. The number of hydrogen-bond acceptors (Lipinski definition) is 4. The van der Waals surface area contributed by atoms with Crippen LogP contribution in [0.5, 0.6) is 11.5 Å². The fourth-order valence-corrected chi connectivity index (χ4v) is 1.94. The van der Waals surface area contributed by atoms with Crippen LogP contribution in [-0.2, 0) is 11.3 Å². The lowest BCUT2D eigenvalue weighted by Gasteiger charge is -2.11. The quantitative estimate of drug-likeness (QED) is 0.630. The van der Waals surface area contributed by atoms with E-state index in [2.05, 4.69) is 4.90 Å². The molecule has 0 aromatic heterocycles. The van der Waals surface area contributed by atoms with Crippen LogP contribution in [0.15, 0.2) is 54.6 Å². The number of hydrogen-bond donors (Lipinski definition) is 0. The van der Waals surface area contributed by atoms with Gasteiger partial charge < -0.3 is 19.1 Å². The first-order valence-corrected chi connectivity index (χ1v) is 7.86. The first-order valence-electron chi connectivity index (χ1n) is 7.86. The van der Waals surface area contributed by atoms with E-state index in [-0.39, 0.29) is 0 Å². The molecule has 4 heteroatoms. The molecule has 2 rings (SSSR count). The standard InChI is InChI=1S/C19H25NO3/c1-20(2)12-13-21-14-15-22-18-8-10-19(11-9-18)23-16-17-6-4-3-5-7-17/h3-11H,12-16H2,1-2H3. The van der Waals surface area contributed by atoms with Crippen molar-refractivity contribution in [2.45, 2.75) is 6.61 Å². The van der Waals surface area contributed by atoms with E-state index in [1.807, 2.05) is 68.7 Å². The average molecular weight is 315 g/mol. The number of nitrogens with zero attached hydrogens (tertiary/aromatic N) is 1. The molecule has 23 heavy (non-hydrogen) atoms. The van der Waals surface area contributed by atoms with E-state index in [0.29, 0.717) is 19.8 Å². The van der Waals surface area contributed by atoms with Gasteiger partial charge >= 0.3 is 0 Å². The van der Waals surface area contributed by atoms with E-state index in [0.717, 1.165) is 30.2 Å². The molecule has 0 N–H and O–H groups in total. The van der Waals surface area contributed by atoms with Gasteiger partial charge in [0.25, 0.3) is 0 Å². The van der Waals surface area contributed by atoms with Gasteiger partial charge in [0, 0.05) is 6.54 Å². The second kappa shape index (κ2) is 9.87. The highest BCUT2D eigenvalue weighted by Crippen LogP contribution is 2.18. The summed E-state index contributed by atoms with van der Waals surface area (Å²) in [7, 11) is 4.06. The SMILES string of the molecule is CN(C)CCOCCOc1ccc(OCc2ccccc2)cc1. The van der Waals surface area contributed by atoms with E-state index in [9.17, 15) is 0 Å². The Morgan fingerprint density at radius 2 is 1.39 bits per heavy atom. The van der Waals surface area contributed by atoms with Crippen LogP contribution in [0.3, 0.4) is 0 Å². The Kier molecular flexibility index (Phi) is 7.43. The van der Waals surface area contributed by atoms with Gasteiger partial charge in [0.15, 0.2) is 0 Å². The molecule has 2 aromatic rings. The van der Waals surface area contributed by atoms with Crippen molar-refractivity contribution in [2.75, 3.05) is 40.5 Å². The van der Waals surface area contributed by atoms with Crippen LogP contribution in [0.2, 0.25) is 0 Å². The second-order valence-electron chi connectivity index (χ2n) is 5.51. The van der Waals surface area contributed by atoms with Crippen molar-refractivity contribution in [3.8, 4) is 11.5 Å². The van der Waals surface area contributed by atoms with Crippen LogP contribution in [0.4, 0.5) is 0 Å². The maximum absolute atomic E-state index is 5.74. The summed E-state index contributed by atoms with van der Waals surface area (Å²) in [4.78, 5) is 2.09. The highest BCUT2D eigenvalue weighted by molar-refractivity contribution is 5.31. The lowest BCUT2D eigenvalue weighted by Crippen LogP contribution is -2.19. The molecule has 2 aromatic carbocycles. The minimum atomic E-state index is 0.553. The summed E-state index contributed by atoms with van der Waals surface area (Å²) in [6.07, 6.45) is 0. The lowest BCUT2D eigenvalue weighted by molar-refractivity contribution is 0.0889. The summed E-state index contributed by atoms with van der Waals surface area (Å²) in [6, 6.07) is 17.8. The van der Waals surface area contributed by atoms with Crippen molar-refractivity contribution in [3.63, 3.8) is 0 Å². The first kappa shape index (κ1) is 17.3. The Balaban J connectivity index is 1.64. The average Bonchev–Trinajstić information content (AvgIpc) is 2.58. The molecule has 0 heterocycles. The summed E-state index contributed by atoms with van der Waals surface area (Å²) >= 11 is 0. The largest absolute Gasteiger partial charge is 0.491 e. The van der Waals surface area contributed by atoms with Gasteiger partial charge in [0.1, 0.15) is 24.7 Å². The monoisotopic (exact) mass is 315 g/mol. The van der Waals surface area contributed by atoms with Crippen molar-refractivity contribution in [2.24, 2.45) is 0 Å². The third-order valence-electron chi connectivity index (χ3n) is 3.25. The molecule has 124 valence electrons. The summed E-state index contributed by atoms with van der Waals surface area (Å²) in [6.45, 7) is 3.37. The predicted octanol–water partition coefficient (Wildman–Crippen LogP) is 3.22. The fraction of sp³-hybridized carbons (Fsp3) is 0.368. The van der Waals surface area contributed by atoms with Crippen molar-refractivity contribution in [1.29, 1.82) is 0 Å². The zero-order chi connectivity index (χ0) is 16.3. The van der Waals surface area contributed by atoms with Crippen LogP contribution < -0.4 is 9.47 Å². The number of rotatable bonds is 10. The van der Waals surface area contributed by atoms with Crippen LogP contribution in [-0.4, -0.2) is 45.4 Å². The molecule has 0 unspecified atom stereocenters. The van der Waals surface area contributed by atoms with Crippen molar-refractivity contribution >= 4 is 0 Å². The number of benzene rings is 2. The molecule has 0 aliphatic rings. The lowest BCUT2D eigenvalue weighted by atomic mass is 10.2. The Morgan fingerprint density at radius 1 is 0.739 bits per heavy atom. The fourth-order valence-electron chi connectivity index (χ4n) is 1.94. The maximum atomic E-state index is 5.74. The molecule has 0 saturated heterocycles. The van der Waals surface area contributed by atoms with Gasteiger partial charge in [-0.05, 0) is 43.9 Å². The van der Waals surface area contributed by atoms with Crippen molar-refractivity contribution in [1.82, 2.24) is 4.90 Å². The smallest absolute Gasteiger partial charge is 0.120 e. The van der Waals surface area contributed by atoms with Crippen molar-refractivity contribution < 1.29 is 14.2 Å². The van der Waals surface area contributed by atoms with E-state index in [4.69, 9.17) is 14.2 Å².